The standard InChI is InChI=1S/C18H10N2S4/c21-17(22)12-7-5-10-3-1-9-2-4-11-6-8-13(18(23)24)20-16(11)14(9)15(10)19-12/h1-8H,(H,21,22)(H,23,24). The molecule has 0 unspecified atom stereocenters. The number of thiocarbonyl (C=S) groups is 2. The predicted octanol–water partition coefficient (Wildman–Crippen LogP) is 5.15. The summed E-state index contributed by atoms with van der Waals surface area (Å²) in [6.07, 6.45) is 0. The second-order valence-electron chi connectivity index (χ2n) is 5.38. The Morgan fingerprint density at radius 2 is 1.00 bits per heavy atom. The van der Waals surface area contributed by atoms with Gasteiger partial charge in [0.25, 0.3) is 0 Å². The topological polar surface area (TPSA) is 25.8 Å². The molecule has 4 aromatic rings. The first kappa shape index (κ1) is 15.9. The monoisotopic (exact) mass is 382 g/mol. The number of rotatable bonds is 2. The van der Waals surface area contributed by atoms with E-state index in [4.69, 9.17) is 34.4 Å². The molecule has 24 heavy (non-hydrogen) atoms. The van der Waals surface area contributed by atoms with Gasteiger partial charge in [0.2, 0.25) is 0 Å². The van der Waals surface area contributed by atoms with Crippen LogP contribution in [-0.2, 0) is 0 Å². The summed E-state index contributed by atoms with van der Waals surface area (Å²) in [5.41, 5.74) is 3.10. The van der Waals surface area contributed by atoms with Crippen molar-refractivity contribution in [3.05, 3.63) is 59.9 Å². The molecule has 0 N–H and O–H groups in total. The molecule has 6 heteroatoms. The molecule has 2 aromatic heterocycles. The van der Waals surface area contributed by atoms with E-state index in [2.05, 4.69) is 49.5 Å². The normalized spacial score (nSPS) is 11.2. The third-order valence-electron chi connectivity index (χ3n) is 3.94. The second-order valence-corrected chi connectivity index (χ2v) is 7.69. The van der Waals surface area contributed by atoms with Gasteiger partial charge in [0.05, 0.1) is 30.8 Å². The summed E-state index contributed by atoms with van der Waals surface area (Å²) in [5.74, 6) is 0. The molecule has 0 aliphatic rings. The van der Waals surface area contributed by atoms with E-state index in [9.17, 15) is 0 Å². The van der Waals surface area contributed by atoms with Gasteiger partial charge in [0.1, 0.15) is 0 Å². The summed E-state index contributed by atoms with van der Waals surface area (Å²) < 4.78 is 0.943. The van der Waals surface area contributed by atoms with E-state index in [1.165, 1.54) is 0 Å². The van der Waals surface area contributed by atoms with Crippen LogP contribution in [0.1, 0.15) is 11.4 Å². The highest BCUT2D eigenvalue weighted by molar-refractivity contribution is 8.12. The van der Waals surface area contributed by atoms with Gasteiger partial charge >= 0.3 is 0 Å². The van der Waals surface area contributed by atoms with Crippen LogP contribution in [0.15, 0.2) is 48.5 Å². The van der Waals surface area contributed by atoms with Gasteiger partial charge < -0.3 is 0 Å². The molecule has 0 saturated heterocycles. The van der Waals surface area contributed by atoms with E-state index < -0.39 is 0 Å². The summed E-state index contributed by atoms with van der Waals surface area (Å²) in [4.78, 5) is 9.44. The number of hydrogen-bond acceptors (Lipinski definition) is 4. The predicted molar refractivity (Wildman–Crippen MR) is 116 cm³/mol. The van der Waals surface area contributed by atoms with Crippen molar-refractivity contribution >= 4 is 90.7 Å². The lowest BCUT2D eigenvalue weighted by molar-refractivity contribution is 1.38. The molecule has 0 spiro atoms. The van der Waals surface area contributed by atoms with Gasteiger partial charge in [0.15, 0.2) is 0 Å². The van der Waals surface area contributed by atoms with Gasteiger partial charge in [-0.25, -0.2) is 9.97 Å². The SMILES string of the molecule is S=C(S)c1ccc2ccc3ccc4ccc(C(=S)S)nc4c3c2n1. The lowest BCUT2D eigenvalue weighted by atomic mass is 10.0. The van der Waals surface area contributed by atoms with E-state index in [1.54, 1.807) is 0 Å². The Kier molecular flexibility index (Phi) is 4.00. The summed E-state index contributed by atoms with van der Waals surface area (Å²) in [7, 11) is 0. The number of thiol groups is 2. The number of nitrogens with zero attached hydrogens (tertiary/aromatic N) is 2. The highest BCUT2D eigenvalue weighted by Crippen LogP contribution is 2.31. The molecule has 0 aliphatic heterocycles. The molecule has 0 radical (unpaired) electrons. The third kappa shape index (κ3) is 2.59. The van der Waals surface area contributed by atoms with Crippen molar-refractivity contribution in [2.24, 2.45) is 0 Å². The maximum Gasteiger partial charge on any atom is 0.0932 e. The highest BCUT2D eigenvalue weighted by atomic mass is 32.1. The fraction of sp³-hybridized carbons (Fsp3) is 0. The molecule has 2 aromatic carbocycles. The Hall–Kier alpha value is -1.60. The molecule has 2 nitrogen and oxygen atoms in total. The van der Waals surface area contributed by atoms with Gasteiger partial charge in [-0.05, 0) is 17.5 Å². The first-order valence-electron chi connectivity index (χ1n) is 7.14. The van der Waals surface area contributed by atoms with E-state index >= 15 is 0 Å². The van der Waals surface area contributed by atoms with Crippen LogP contribution in [0.3, 0.4) is 0 Å². The summed E-state index contributed by atoms with van der Waals surface area (Å²) >= 11 is 18.8. The molecule has 116 valence electrons. The van der Waals surface area contributed by atoms with Crippen LogP contribution in [0.4, 0.5) is 0 Å². The van der Waals surface area contributed by atoms with Gasteiger partial charge in [-0.15, -0.1) is 25.3 Å². The maximum absolute atomic E-state index is 5.16. The van der Waals surface area contributed by atoms with Gasteiger partial charge in [-0.3, -0.25) is 0 Å². The Bertz CT molecular complexity index is 1080. The summed E-state index contributed by atoms with van der Waals surface area (Å²) in [5, 5.41) is 4.12. The Morgan fingerprint density at radius 3 is 1.42 bits per heavy atom. The van der Waals surface area contributed by atoms with Crippen LogP contribution < -0.4 is 0 Å². The zero-order valence-corrected chi connectivity index (χ0v) is 15.6. The van der Waals surface area contributed by atoms with Crippen molar-refractivity contribution in [2.45, 2.75) is 0 Å². The summed E-state index contributed by atoms with van der Waals surface area (Å²) in [6, 6.07) is 16.0. The molecule has 0 atom stereocenters. The van der Waals surface area contributed by atoms with Crippen LogP contribution in [0.2, 0.25) is 0 Å². The molecule has 2 heterocycles. The van der Waals surface area contributed by atoms with Crippen LogP contribution >= 0.6 is 49.7 Å². The first-order chi connectivity index (χ1) is 11.5. The minimum absolute atomic E-state index is 0.472. The van der Waals surface area contributed by atoms with Crippen molar-refractivity contribution in [3.63, 3.8) is 0 Å². The first-order valence-corrected chi connectivity index (χ1v) is 8.85. The zero-order chi connectivity index (χ0) is 16.8. The average molecular weight is 383 g/mol. The lowest BCUT2D eigenvalue weighted by Gasteiger charge is -2.09. The van der Waals surface area contributed by atoms with Crippen LogP contribution in [0.25, 0.3) is 32.6 Å². The molecule has 0 bridgehead atoms. The van der Waals surface area contributed by atoms with Crippen molar-refractivity contribution in [2.75, 3.05) is 0 Å². The second kappa shape index (κ2) is 6.04. The Balaban J connectivity index is 2.23. The van der Waals surface area contributed by atoms with Crippen LogP contribution in [0, 0.1) is 0 Å². The maximum atomic E-state index is 5.16. The van der Waals surface area contributed by atoms with E-state index in [-0.39, 0.29) is 0 Å². The van der Waals surface area contributed by atoms with Crippen LogP contribution in [0.5, 0.6) is 0 Å². The fourth-order valence-electron chi connectivity index (χ4n) is 2.81. The number of benzene rings is 2. The molecule has 4 rings (SSSR count). The van der Waals surface area contributed by atoms with Crippen molar-refractivity contribution < 1.29 is 0 Å². The van der Waals surface area contributed by atoms with Crippen molar-refractivity contribution in [1.82, 2.24) is 9.97 Å². The van der Waals surface area contributed by atoms with E-state index in [0.29, 0.717) is 19.8 Å². The van der Waals surface area contributed by atoms with Crippen molar-refractivity contribution in [1.29, 1.82) is 0 Å². The Morgan fingerprint density at radius 1 is 0.625 bits per heavy atom. The van der Waals surface area contributed by atoms with Gasteiger partial charge in [0, 0.05) is 16.2 Å². The molecule has 0 saturated carbocycles. The smallest absolute Gasteiger partial charge is 0.0932 e. The number of pyridine rings is 2. The Labute approximate surface area is 160 Å². The number of hydrogen-bond donors (Lipinski definition) is 2. The van der Waals surface area contributed by atoms with Gasteiger partial charge in [-0.2, -0.15) is 0 Å². The molecule has 0 fully saturated rings. The lowest BCUT2D eigenvalue weighted by Crippen LogP contribution is -1.96. The van der Waals surface area contributed by atoms with Gasteiger partial charge in [-0.1, -0.05) is 60.8 Å². The van der Waals surface area contributed by atoms with E-state index in [1.807, 2.05) is 24.3 Å². The average Bonchev–Trinajstić information content (AvgIpc) is 2.59. The van der Waals surface area contributed by atoms with Crippen molar-refractivity contribution in [3.8, 4) is 0 Å². The molecular formula is C18H10N2S4. The summed E-state index contributed by atoms with van der Waals surface area (Å²) in [6.45, 7) is 0. The minimum atomic E-state index is 0.472. The largest absolute Gasteiger partial charge is 0.246 e. The minimum Gasteiger partial charge on any atom is -0.246 e. The molecular weight excluding hydrogens is 372 g/mol. The number of fused-ring (bicyclic) bond motifs is 5. The van der Waals surface area contributed by atoms with Crippen LogP contribution in [-0.4, -0.2) is 18.4 Å². The fourth-order valence-corrected chi connectivity index (χ4v) is 3.29. The third-order valence-corrected chi connectivity index (χ3v) is 4.81. The van der Waals surface area contributed by atoms with E-state index in [0.717, 1.165) is 32.6 Å². The quantitative estimate of drug-likeness (QED) is 0.285. The zero-order valence-electron chi connectivity index (χ0n) is 12.2. The highest BCUT2D eigenvalue weighted by Gasteiger charge is 2.11. The molecule has 0 aliphatic carbocycles. The number of aromatic nitrogens is 2. The molecule has 0 amide bonds.